The van der Waals surface area contributed by atoms with Crippen LogP contribution in [0.15, 0.2) is 22.7 Å². The second-order valence-electron chi connectivity index (χ2n) is 4.96. The van der Waals surface area contributed by atoms with Crippen LogP contribution in [-0.2, 0) is 11.3 Å². The van der Waals surface area contributed by atoms with Crippen LogP contribution >= 0.6 is 28.1 Å². The van der Waals surface area contributed by atoms with Gasteiger partial charge in [-0.25, -0.2) is 0 Å². The van der Waals surface area contributed by atoms with Gasteiger partial charge in [0.15, 0.2) is 4.77 Å². The van der Waals surface area contributed by atoms with Gasteiger partial charge in [-0.05, 0) is 37.5 Å². The summed E-state index contributed by atoms with van der Waals surface area (Å²) in [6.07, 6.45) is 0.198. The summed E-state index contributed by atoms with van der Waals surface area (Å²) in [5.41, 5.74) is 2.19. The van der Waals surface area contributed by atoms with E-state index in [0.29, 0.717) is 0 Å². The topological polar surface area (TPSA) is 33.2 Å². The van der Waals surface area contributed by atoms with Crippen molar-refractivity contribution in [3.63, 3.8) is 0 Å². The first-order valence-electron chi connectivity index (χ1n) is 6.32. The van der Waals surface area contributed by atoms with Gasteiger partial charge in [0.25, 0.3) is 0 Å². The molecule has 0 saturated carbocycles. The molecule has 0 spiro atoms. The first-order valence-corrected chi connectivity index (χ1v) is 7.52. The Morgan fingerprint density at radius 2 is 2.37 bits per heavy atom. The molecule has 1 fully saturated rings. The van der Waals surface area contributed by atoms with Crippen molar-refractivity contribution in [2.75, 3.05) is 26.7 Å². The van der Waals surface area contributed by atoms with Gasteiger partial charge < -0.3 is 19.2 Å². The molecule has 4 nitrogen and oxygen atoms in total. The van der Waals surface area contributed by atoms with Gasteiger partial charge in [0.05, 0.1) is 30.3 Å². The van der Waals surface area contributed by atoms with Crippen molar-refractivity contribution >= 4 is 39.2 Å². The number of imidazole rings is 1. The van der Waals surface area contributed by atoms with E-state index < -0.39 is 0 Å². The number of rotatable bonds is 2. The Bertz CT molecular complexity index is 651. The molecule has 0 radical (unpaired) electrons. The van der Waals surface area contributed by atoms with Crippen LogP contribution < -0.4 is 0 Å². The van der Waals surface area contributed by atoms with E-state index in [9.17, 15) is 0 Å². The highest BCUT2D eigenvalue weighted by Crippen LogP contribution is 2.20. The van der Waals surface area contributed by atoms with Crippen LogP contribution in [0.4, 0.5) is 0 Å². The van der Waals surface area contributed by atoms with Crippen LogP contribution in [0.3, 0.4) is 0 Å². The van der Waals surface area contributed by atoms with Crippen molar-refractivity contribution in [3.05, 3.63) is 27.4 Å². The number of nitrogens with one attached hydrogen (secondary N) is 1. The number of aromatic amines is 1. The standard InChI is InChI=1S/C13H16BrN3OS/c1-16-4-5-18-10(7-16)8-17-12-6-9(14)2-3-11(12)15-13(17)19/h2-3,6,10H,4-5,7-8H2,1H3,(H,15,19). The molecule has 1 aliphatic heterocycles. The predicted octanol–water partition coefficient (Wildman–Crippen LogP) is 2.79. The maximum absolute atomic E-state index is 5.82. The first kappa shape index (κ1) is 13.3. The Kier molecular flexibility index (Phi) is 3.75. The molecule has 1 aromatic carbocycles. The van der Waals surface area contributed by atoms with Gasteiger partial charge in [-0.3, -0.25) is 0 Å². The lowest BCUT2D eigenvalue weighted by Gasteiger charge is -2.30. The highest BCUT2D eigenvalue weighted by Gasteiger charge is 2.19. The molecule has 0 amide bonds. The number of morpholine rings is 1. The molecular formula is C13H16BrN3OS. The Balaban J connectivity index is 1.93. The molecule has 1 N–H and O–H groups in total. The average Bonchev–Trinajstić information content (AvgIpc) is 2.66. The van der Waals surface area contributed by atoms with Crippen LogP contribution in [0.2, 0.25) is 0 Å². The van der Waals surface area contributed by atoms with Gasteiger partial charge >= 0.3 is 0 Å². The fraction of sp³-hybridized carbons (Fsp3) is 0.462. The van der Waals surface area contributed by atoms with E-state index in [1.54, 1.807) is 0 Å². The average molecular weight is 342 g/mol. The molecule has 2 heterocycles. The molecule has 0 aliphatic carbocycles. The normalized spacial score (nSPS) is 21.1. The Morgan fingerprint density at radius 1 is 1.53 bits per heavy atom. The Morgan fingerprint density at radius 3 is 3.16 bits per heavy atom. The van der Waals surface area contributed by atoms with Gasteiger partial charge in [0, 0.05) is 17.6 Å². The molecule has 1 aliphatic rings. The second kappa shape index (κ2) is 5.36. The molecule has 1 saturated heterocycles. The number of fused-ring (bicyclic) bond motifs is 1. The summed E-state index contributed by atoms with van der Waals surface area (Å²) in [6, 6.07) is 6.15. The largest absolute Gasteiger partial charge is 0.374 e. The Labute approximate surface area is 125 Å². The maximum atomic E-state index is 5.82. The monoisotopic (exact) mass is 341 g/mol. The summed E-state index contributed by atoms with van der Waals surface area (Å²) >= 11 is 8.93. The summed E-state index contributed by atoms with van der Waals surface area (Å²) in [4.78, 5) is 5.54. The molecule has 1 unspecified atom stereocenters. The van der Waals surface area contributed by atoms with Crippen molar-refractivity contribution in [3.8, 4) is 0 Å². The van der Waals surface area contributed by atoms with Crippen molar-refractivity contribution in [2.24, 2.45) is 0 Å². The molecule has 1 aromatic heterocycles. The van der Waals surface area contributed by atoms with E-state index in [1.165, 1.54) is 0 Å². The minimum Gasteiger partial charge on any atom is -0.374 e. The van der Waals surface area contributed by atoms with Gasteiger partial charge in [0.2, 0.25) is 0 Å². The molecule has 6 heteroatoms. The van der Waals surface area contributed by atoms with Gasteiger partial charge in [-0.1, -0.05) is 15.9 Å². The molecule has 1 atom stereocenters. The van der Waals surface area contributed by atoms with Crippen molar-refractivity contribution in [1.82, 2.24) is 14.5 Å². The minimum atomic E-state index is 0.198. The van der Waals surface area contributed by atoms with E-state index in [0.717, 1.165) is 46.5 Å². The zero-order chi connectivity index (χ0) is 13.4. The van der Waals surface area contributed by atoms with Gasteiger partial charge in [0.1, 0.15) is 0 Å². The number of ether oxygens (including phenoxy) is 1. The third-order valence-electron chi connectivity index (χ3n) is 3.47. The van der Waals surface area contributed by atoms with E-state index in [2.05, 4.69) is 43.5 Å². The second-order valence-corrected chi connectivity index (χ2v) is 6.26. The number of hydrogen-bond acceptors (Lipinski definition) is 3. The van der Waals surface area contributed by atoms with Crippen LogP contribution in [0.1, 0.15) is 0 Å². The van der Waals surface area contributed by atoms with Gasteiger partial charge in [-0.15, -0.1) is 0 Å². The maximum Gasteiger partial charge on any atom is 0.178 e. The highest BCUT2D eigenvalue weighted by atomic mass is 79.9. The van der Waals surface area contributed by atoms with E-state index in [-0.39, 0.29) is 6.10 Å². The molecule has 102 valence electrons. The van der Waals surface area contributed by atoms with Crippen LogP contribution in [0.5, 0.6) is 0 Å². The summed E-state index contributed by atoms with van der Waals surface area (Å²) in [5, 5.41) is 0. The lowest BCUT2D eigenvalue weighted by molar-refractivity contribution is -0.0271. The lowest BCUT2D eigenvalue weighted by Crippen LogP contribution is -2.41. The van der Waals surface area contributed by atoms with Crippen LogP contribution in [-0.4, -0.2) is 47.3 Å². The summed E-state index contributed by atoms with van der Waals surface area (Å²) in [7, 11) is 2.13. The van der Waals surface area contributed by atoms with Crippen LogP contribution in [0, 0.1) is 4.77 Å². The Hall–Kier alpha value is -0.690. The first-order chi connectivity index (χ1) is 9.13. The number of halogens is 1. The molecule has 3 rings (SSSR count). The minimum absolute atomic E-state index is 0.198. The zero-order valence-electron chi connectivity index (χ0n) is 10.7. The predicted molar refractivity (Wildman–Crippen MR) is 82.1 cm³/mol. The van der Waals surface area contributed by atoms with Crippen LogP contribution in [0.25, 0.3) is 11.0 Å². The molecular weight excluding hydrogens is 326 g/mol. The summed E-state index contributed by atoms with van der Waals surface area (Å²) in [5.74, 6) is 0. The third kappa shape index (κ3) is 2.76. The fourth-order valence-electron chi connectivity index (χ4n) is 2.49. The molecule has 0 bridgehead atoms. The van der Waals surface area contributed by atoms with E-state index in [4.69, 9.17) is 17.0 Å². The third-order valence-corrected chi connectivity index (χ3v) is 4.28. The molecule has 19 heavy (non-hydrogen) atoms. The number of benzene rings is 1. The lowest BCUT2D eigenvalue weighted by atomic mass is 10.2. The summed E-state index contributed by atoms with van der Waals surface area (Å²) < 4.78 is 9.76. The van der Waals surface area contributed by atoms with E-state index >= 15 is 0 Å². The molecule has 2 aromatic rings. The van der Waals surface area contributed by atoms with Crippen molar-refractivity contribution in [2.45, 2.75) is 12.6 Å². The quantitative estimate of drug-likeness (QED) is 0.852. The SMILES string of the molecule is CN1CCOC(Cn2c(=S)[nH]c3ccc(Br)cc32)C1. The van der Waals surface area contributed by atoms with Crippen molar-refractivity contribution < 1.29 is 4.74 Å². The van der Waals surface area contributed by atoms with E-state index in [1.807, 2.05) is 12.1 Å². The fourth-order valence-corrected chi connectivity index (χ4v) is 3.12. The van der Waals surface area contributed by atoms with Crippen molar-refractivity contribution in [1.29, 1.82) is 0 Å². The number of likely N-dealkylation sites (N-methyl/N-ethyl adjacent to an activating group) is 1. The number of hydrogen-bond donors (Lipinski definition) is 1. The smallest absolute Gasteiger partial charge is 0.178 e. The number of nitrogens with zero attached hydrogens (tertiary/aromatic N) is 2. The van der Waals surface area contributed by atoms with Gasteiger partial charge in [-0.2, -0.15) is 0 Å². The number of H-pyrrole nitrogens is 1. The summed E-state index contributed by atoms with van der Waals surface area (Å²) in [6.45, 7) is 3.53. The highest BCUT2D eigenvalue weighted by molar-refractivity contribution is 9.10. The number of aromatic nitrogens is 2. The zero-order valence-corrected chi connectivity index (χ0v) is 13.1.